The van der Waals surface area contributed by atoms with E-state index in [4.69, 9.17) is 4.74 Å². The van der Waals surface area contributed by atoms with Crippen molar-refractivity contribution in [3.8, 4) is 5.75 Å². The van der Waals surface area contributed by atoms with Crippen LogP contribution in [0.1, 0.15) is 23.6 Å². The van der Waals surface area contributed by atoms with Crippen LogP contribution < -0.4 is 4.74 Å². The van der Waals surface area contributed by atoms with Crippen molar-refractivity contribution in [2.24, 2.45) is 0 Å². The van der Waals surface area contributed by atoms with E-state index in [9.17, 15) is 14.7 Å². The molecular weight excluding hydrogens is 394 g/mol. The first-order valence-corrected chi connectivity index (χ1v) is 10.1. The fourth-order valence-corrected chi connectivity index (χ4v) is 3.57. The third-order valence-corrected chi connectivity index (χ3v) is 5.04. The molecule has 1 fully saturated rings. The fraction of sp³-hybridized carbons (Fsp3) is 0.292. The number of hydrogen-bond acceptors (Lipinski definition) is 6. The second kappa shape index (κ2) is 10.0. The average molecular weight is 421 g/mol. The zero-order valence-electron chi connectivity index (χ0n) is 17.8. The molecule has 1 unspecified atom stereocenters. The van der Waals surface area contributed by atoms with Crippen LogP contribution >= 0.6 is 0 Å². The Labute approximate surface area is 182 Å². The molecule has 0 bridgehead atoms. The van der Waals surface area contributed by atoms with Gasteiger partial charge in [0.25, 0.3) is 11.7 Å². The molecule has 1 amide bonds. The van der Waals surface area contributed by atoms with Crippen molar-refractivity contribution in [2.75, 3.05) is 33.8 Å². The summed E-state index contributed by atoms with van der Waals surface area (Å²) in [4.78, 5) is 33.5. The lowest BCUT2D eigenvalue weighted by molar-refractivity contribution is -0.139. The number of ketones is 1. The van der Waals surface area contributed by atoms with Crippen LogP contribution in [0.25, 0.3) is 5.76 Å². The molecule has 1 N–H and O–H groups in total. The molecule has 0 spiro atoms. The number of nitrogens with zero attached hydrogens (tertiary/aromatic N) is 3. The van der Waals surface area contributed by atoms with Gasteiger partial charge in [0.05, 0.1) is 11.6 Å². The number of aliphatic hydroxyl groups excluding tert-OH is 1. The standard InChI is InChI=1S/C24H27N3O4/c1-4-15-31-19-10-8-17(9-11-19)22(28)20-21(18-7-5-12-25-16-18)27(24(30)23(20)29)14-6-13-26(2)3/h4-5,7-12,16,21,28H,1,6,13-15H2,2-3H3/b22-20-. The Kier molecular flexibility index (Phi) is 7.20. The highest BCUT2D eigenvalue weighted by atomic mass is 16.5. The molecule has 1 saturated heterocycles. The molecule has 7 heteroatoms. The van der Waals surface area contributed by atoms with E-state index in [0.717, 1.165) is 6.54 Å². The number of benzene rings is 1. The van der Waals surface area contributed by atoms with Crippen LogP contribution in [-0.2, 0) is 9.59 Å². The third-order valence-electron chi connectivity index (χ3n) is 5.04. The van der Waals surface area contributed by atoms with Crippen molar-refractivity contribution >= 4 is 17.4 Å². The van der Waals surface area contributed by atoms with Gasteiger partial charge >= 0.3 is 0 Å². The average Bonchev–Trinajstić information content (AvgIpc) is 3.03. The molecule has 1 aliphatic heterocycles. The van der Waals surface area contributed by atoms with Crippen LogP contribution in [0.2, 0.25) is 0 Å². The van der Waals surface area contributed by atoms with Gasteiger partial charge in [-0.2, -0.15) is 0 Å². The molecule has 1 aromatic carbocycles. The maximum absolute atomic E-state index is 12.9. The van der Waals surface area contributed by atoms with Gasteiger partial charge in [-0.3, -0.25) is 14.6 Å². The summed E-state index contributed by atoms with van der Waals surface area (Å²) in [5.74, 6) is -0.898. The lowest BCUT2D eigenvalue weighted by Gasteiger charge is -2.25. The number of amides is 1. The van der Waals surface area contributed by atoms with E-state index in [2.05, 4.69) is 11.6 Å². The van der Waals surface area contributed by atoms with E-state index >= 15 is 0 Å². The third kappa shape index (κ3) is 5.00. The van der Waals surface area contributed by atoms with Crippen molar-refractivity contribution in [1.82, 2.24) is 14.8 Å². The summed E-state index contributed by atoms with van der Waals surface area (Å²) in [6, 6.07) is 9.59. The Morgan fingerprint density at radius 3 is 2.61 bits per heavy atom. The number of ether oxygens (including phenoxy) is 1. The molecule has 162 valence electrons. The molecule has 7 nitrogen and oxygen atoms in total. The van der Waals surface area contributed by atoms with Crippen LogP contribution in [0.3, 0.4) is 0 Å². The lowest BCUT2D eigenvalue weighted by atomic mass is 9.96. The van der Waals surface area contributed by atoms with Crippen molar-refractivity contribution < 1.29 is 19.4 Å². The number of carbonyl (C=O) groups is 2. The second-order valence-corrected chi connectivity index (χ2v) is 7.56. The maximum atomic E-state index is 12.9. The van der Waals surface area contributed by atoms with E-state index in [0.29, 0.717) is 36.4 Å². The van der Waals surface area contributed by atoms with Crippen molar-refractivity contribution in [1.29, 1.82) is 0 Å². The van der Waals surface area contributed by atoms with Gasteiger partial charge in [-0.05, 0) is 63.0 Å². The minimum absolute atomic E-state index is 0.0719. The number of aliphatic hydroxyl groups is 1. The normalized spacial score (nSPS) is 17.9. The van der Waals surface area contributed by atoms with Gasteiger partial charge < -0.3 is 19.6 Å². The van der Waals surface area contributed by atoms with E-state index in [1.807, 2.05) is 25.1 Å². The lowest BCUT2D eigenvalue weighted by Crippen LogP contribution is -2.32. The zero-order chi connectivity index (χ0) is 22.4. The van der Waals surface area contributed by atoms with Gasteiger partial charge in [-0.25, -0.2) is 0 Å². The minimum atomic E-state index is -0.691. The first-order valence-electron chi connectivity index (χ1n) is 10.1. The predicted molar refractivity (Wildman–Crippen MR) is 119 cm³/mol. The number of likely N-dealkylation sites (tertiary alicyclic amines) is 1. The maximum Gasteiger partial charge on any atom is 0.295 e. The minimum Gasteiger partial charge on any atom is -0.507 e. The highest BCUT2D eigenvalue weighted by Crippen LogP contribution is 2.39. The summed E-state index contributed by atoms with van der Waals surface area (Å²) >= 11 is 0. The van der Waals surface area contributed by atoms with Gasteiger partial charge in [0, 0.05) is 24.5 Å². The SMILES string of the molecule is C=CCOc1ccc(/C(O)=C2/C(=O)C(=O)N(CCCN(C)C)C2c2cccnc2)cc1. The van der Waals surface area contributed by atoms with Gasteiger partial charge in [0.1, 0.15) is 18.1 Å². The van der Waals surface area contributed by atoms with E-state index in [1.165, 1.54) is 4.90 Å². The summed E-state index contributed by atoms with van der Waals surface area (Å²) in [6.07, 6.45) is 5.59. The van der Waals surface area contributed by atoms with Crippen LogP contribution in [0.15, 0.2) is 67.0 Å². The van der Waals surface area contributed by atoms with E-state index in [-0.39, 0.29) is 11.3 Å². The molecule has 1 atom stereocenters. The molecule has 1 aromatic heterocycles. The molecule has 2 heterocycles. The molecule has 1 aliphatic rings. The fourth-order valence-electron chi connectivity index (χ4n) is 3.57. The Bertz CT molecular complexity index is 968. The highest BCUT2D eigenvalue weighted by Gasteiger charge is 2.45. The predicted octanol–water partition coefficient (Wildman–Crippen LogP) is 3.02. The van der Waals surface area contributed by atoms with E-state index in [1.54, 1.807) is 48.8 Å². The summed E-state index contributed by atoms with van der Waals surface area (Å²) in [5, 5.41) is 11.0. The van der Waals surface area contributed by atoms with E-state index < -0.39 is 17.7 Å². The molecule has 2 aromatic rings. The van der Waals surface area contributed by atoms with Gasteiger partial charge in [-0.15, -0.1) is 0 Å². The zero-order valence-corrected chi connectivity index (χ0v) is 17.8. The Balaban J connectivity index is 2.00. The van der Waals surface area contributed by atoms with Crippen LogP contribution in [0, 0.1) is 0 Å². The number of aromatic nitrogens is 1. The number of carbonyl (C=O) groups excluding carboxylic acids is 2. The molecule has 0 saturated carbocycles. The number of Topliss-reactive ketones (excluding diaryl/α,β-unsaturated/α-hetero) is 1. The van der Waals surface area contributed by atoms with Gasteiger partial charge in [0.2, 0.25) is 0 Å². The molecule has 0 radical (unpaired) electrons. The van der Waals surface area contributed by atoms with Crippen LogP contribution in [-0.4, -0.2) is 65.4 Å². The Morgan fingerprint density at radius 1 is 1.26 bits per heavy atom. The summed E-state index contributed by atoms with van der Waals surface area (Å²) in [6.45, 7) is 5.14. The quantitative estimate of drug-likeness (QED) is 0.290. The largest absolute Gasteiger partial charge is 0.507 e. The van der Waals surface area contributed by atoms with Gasteiger partial charge in [0.15, 0.2) is 0 Å². The Morgan fingerprint density at radius 2 is 2.00 bits per heavy atom. The van der Waals surface area contributed by atoms with Crippen LogP contribution in [0.5, 0.6) is 5.75 Å². The topological polar surface area (TPSA) is 83.0 Å². The second-order valence-electron chi connectivity index (χ2n) is 7.56. The van der Waals surface area contributed by atoms with Crippen molar-refractivity contribution in [3.05, 3.63) is 78.1 Å². The smallest absolute Gasteiger partial charge is 0.295 e. The van der Waals surface area contributed by atoms with Crippen LogP contribution in [0.4, 0.5) is 0 Å². The number of rotatable bonds is 9. The summed E-state index contributed by atoms with van der Waals surface area (Å²) < 4.78 is 5.47. The number of hydrogen-bond donors (Lipinski definition) is 1. The van der Waals surface area contributed by atoms with Crippen molar-refractivity contribution in [2.45, 2.75) is 12.5 Å². The summed E-state index contributed by atoms with van der Waals surface area (Å²) in [7, 11) is 3.91. The monoisotopic (exact) mass is 421 g/mol. The van der Waals surface area contributed by atoms with Crippen molar-refractivity contribution in [3.63, 3.8) is 0 Å². The molecule has 31 heavy (non-hydrogen) atoms. The molecule has 3 rings (SSSR count). The van der Waals surface area contributed by atoms with Gasteiger partial charge in [-0.1, -0.05) is 18.7 Å². The number of pyridine rings is 1. The Hall–Kier alpha value is -3.45. The first-order chi connectivity index (χ1) is 14.9. The first kappa shape index (κ1) is 22.2. The summed E-state index contributed by atoms with van der Waals surface area (Å²) in [5.41, 5.74) is 1.19. The molecule has 0 aliphatic carbocycles. The molecular formula is C24H27N3O4. The highest BCUT2D eigenvalue weighted by molar-refractivity contribution is 6.46.